The van der Waals surface area contributed by atoms with E-state index in [4.69, 9.17) is 0 Å². The van der Waals surface area contributed by atoms with Gasteiger partial charge in [-0.3, -0.25) is 9.89 Å². The number of nitrogens with one attached hydrogen (secondary N) is 1. The van der Waals surface area contributed by atoms with Gasteiger partial charge in [0.1, 0.15) is 0 Å². The lowest BCUT2D eigenvalue weighted by Gasteiger charge is -2.23. The molecule has 1 aromatic rings. The van der Waals surface area contributed by atoms with Crippen LogP contribution >= 0.6 is 0 Å². The van der Waals surface area contributed by atoms with Crippen LogP contribution in [0.3, 0.4) is 0 Å². The van der Waals surface area contributed by atoms with Crippen molar-refractivity contribution in [1.29, 1.82) is 0 Å². The van der Waals surface area contributed by atoms with E-state index in [2.05, 4.69) is 17.1 Å². The Balaban J connectivity index is 1.86. The maximum Gasteiger partial charge on any atom is 0.274 e. The molecule has 1 aliphatic carbocycles. The predicted octanol–water partition coefficient (Wildman–Crippen LogP) is 2.30. The fraction of sp³-hybridized carbons (Fsp3) is 0.714. The molecular formula is C14H21N3O. The Labute approximate surface area is 108 Å². The first kappa shape index (κ1) is 11.8. The second-order valence-electron chi connectivity index (χ2n) is 5.44. The van der Waals surface area contributed by atoms with Crippen LogP contribution in [0.5, 0.6) is 0 Å². The number of amides is 1. The van der Waals surface area contributed by atoms with Crippen LogP contribution in [0.1, 0.15) is 60.8 Å². The van der Waals surface area contributed by atoms with E-state index in [-0.39, 0.29) is 5.91 Å². The fourth-order valence-corrected chi connectivity index (χ4v) is 3.32. The first-order chi connectivity index (χ1) is 8.81. The molecular weight excluding hydrogens is 226 g/mol. The average Bonchev–Trinajstić information content (AvgIpc) is 3.04. The second-order valence-corrected chi connectivity index (χ2v) is 5.44. The number of nitrogens with zero attached hydrogens (tertiary/aromatic N) is 2. The predicted molar refractivity (Wildman–Crippen MR) is 69.6 cm³/mol. The molecule has 1 aliphatic heterocycles. The summed E-state index contributed by atoms with van der Waals surface area (Å²) >= 11 is 0. The van der Waals surface area contributed by atoms with Crippen molar-refractivity contribution in [1.82, 2.24) is 15.1 Å². The van der Waals surface area contributed by atoms with E-state index in [1.165, 1.54) is 24.1 Å². The minimum absolute atomic E-state index is 0.152. The summed E-state index contributed by atoms with van der Waals surface area (Å²) in [5.41, 5.74) is 3.08. The average molecular weight is 247 g/mol. The summed E-state index contributed by atoms with van der Waals surface area (Å²) in [7, 11) is 0. The van der Waals surface area contributed by atoms with Crippen LogP contribution in [0.4, 0.5) is 0 Å². The van der Waals surface area contributed by atoms with E-state index in [1.54, 1.807) is 0 Å². The molecule has 4 heteroatoms. The third-order valence-electron chi connectivity index (χ3n) is 4.37. The molecule has 0 spiro atoms. The molecule has 0 radical (unpaired) electrons. The monoisotopic (exact) mass is 247 g/mol. The Hall–Kier alpha value is -1.32. The van der Waals surface area contributed by atoms with Gasteiger partial charge in [0.25, 0.3) is 5.91 Å². The first-order valence-electron chi connectivity index (χ1n) is 7.18. The number of H-pyrrole nitrogens is 1. The molecule has 98 valence electrons. The molecule has 1 amide bonds. The highest BCUT2D eigenvalue weighted by atomic mass is 16.2. The molecule has 1 unspecified atom stereocenters. The first-order valence-corrected chi connectivity index (χ1v) is 7.18. The smallest absolute Gasteiger partial charge is 0.274 e. The second kappa shape index (κ2) is 4.75. The van der Waals surface area contributed by atoms with Crippen molar-refractivity contribution in [2.24, 2.45) is 0 Å². The summed E-state index contributed by atoms with van der Waals surface area (Å²) < 4.78 is 0. The third-order valence-corrected chi connectivity index (χ3v) is 4.37. The van der Waals surface area contributed by atoms with Crippen LogP contribution in [0.15, 0.2) is 0 Å². The van der Waals surface area contributed by atoms with Crippen LogP contribution in [0, 0.1) is 0 Å². The number of fused-ring (bicyclic) bond motifs is 1. The standard InChI is InChI=1S/C14H21N3O/c1-2-10-6-5-9-17(10)14(18)13-11-7-3-4-8-12(11)15-16-13/h10H,2-9H2,1H3,(H,15,16). The van der Waals surface area contributed by atoms with E-state index < -0.39 is 0 Å². The van der Waals surface area contributed by atoms with E-state index >= 15 is 0 Å². The molecule has 3 rings (SSSR count). The Morgan fingerprint density at radius 2 is 2.22 bits per heavy atom. The van der Waals surface area contributed by atoms with Gasteiger partial charge >= 0.3 is 0 Å². The zero-order chi connectivity index (χ0) is 12.5. The quantitative estimate of drug-likeness (QED) is 0.871. The maximum atomic E-state index is 12.6. The highest BCUT2D eigenvalue weighted by Gasteiger charge is 2.31. The molecule has 1 aromatic heterocycles. The number of hydrogen-bond donors (Lipinski definition) is 1. The van der Waals surface area contributed by atoms with Crippen molar-refractivity contribution >= 4 is 5.91 Å². The summed E-state index contributed by atoms with van der Waals surface area (Å²) in [6.07, 6.45) is 7.79. The molecule has 0 aromatic carbocycles. The molecule has 18 heavy (non-hydrogen) atoms. The van der Waals surface area contributed by atoms with Gasteiger partial charge in [-0.2, -0.15) is 5.10 Å². The van der Waals surface area contributed by atoms with Gasteiger partial charge in [0.15, 0.2) is 5.69 Å². The number of aromatic amines is 1. The van der Waals surface area contributed by atoms with Gasteiger partial charge in [-0.05, 0) is 44.9 Å². The minimum atomic E-state index is 0.152. The summed E-state index contributed by atoms with van der Waals surface area (Å²) in [4.78, 5) is 14.6. The minimum Gasteiger partial charge on any atom is -0.334 e. The highest BCUT2D eigenvalue weighted by molar-refractivity contribution is 5.94. The van der Waals surface area contributed by atoms with E-state index in [9.17, 15) is 4.79 Å². The topological polar surface area (TPSA) is 49.0 Å². The van der Waals surface area contributed by atoms with Crippen molar-refractivity contribution in [2.75, 3.05) is 6.54 Å². The number of hydrogen-bond acceptors (Lipinski definition) is 2. The van der Waals surface area contributed by atoms with E-state index in [1.807, 2.05) is 4.90 Å². The van der Waals surface area contributed by atoms with E-state index in [0.717, 1.165) is 38.6 Å². The molecule has 0 bridgehead atoms. The maximum absolute atomic E-state index is 12.6. The Morgan fingerprint density at radius 3 is 3.06 bits per heavy atom. The molecule has 2 heterocycles. The van der Waals surface area contributed by atoms with Crippen molar-refractivity contribution < 1.29 is 4.79 Å². The van der Waals surface area contributed by atoms with Gasteiger partial charge in [-0.1, -0.05) is 6.92 Å². The van der Waals surface area contributed by atoms with Crippen LogP contribution in [0.25, 0.3) is 0 Å². The van der Waals surface area contributed by atoms with Gasteiger partial charge in [-0.25, -0.2) is 0 Å². The number of aromatic nitrogens is 2. The highest BCUT2D eigenvalue weighted by Crippen LogP contribution is 2.26. The summed E-state index contributed by atoms with van der Waals surface area (Å²) in [5.74, 6) is 0.152. The van der Waals surface area contributed by atoms with Crippen molar-refractivity contribution in [3.05, 3.63) is 17.0 Å². The molecule has 4 nitrogen and oxygen atoms in total. The van der Waals surface area contributed by atoms with Crippen molar-refractivity contribution in [3.8, 4) is 0 Å². The molecule has 2 aliphatic rings. The lowest BCUT2D eigenvalue weighted by Crippen LogP contribution is -2.35. The van der Waals surface area contributed by atoms with Gasteiger partial charge < -0.3 is 4.90 Å². The Kier molecular flexibility index (Phi) is 3.10. The number of likely N-dealkylation sites (tertiary alicyclic amines) is 1. The number of carbonyl (C=O) groups excluding carboxylic acids is 1. The summed E-state index contributed by atoms with van der Waals surface area (Å²) in [5, 5.41) is 7.36. The Bertz CT molecular complexity index is 452. The van der Waals surface area contributed by atoms with Gasteiger partial charge in [0.2, 0.25) is 0 Å². The molecule has 1 N–H and O–H groups in total. The van der Waals surface area contributed by atoms with Gasteiger partial charge in [-0.15, -0.1) is 0 Å². The van der Waals surface area contributed by atoms with Gasteiger partial charge in [0.05, 0.1) is 0 Å². The number of aryl methyl sites for hydroxylation is 1. The third kappa shape index (κ3) is 1.84. The largest absolute Gasteiger partial charge is 0.334 e. The fourth-order valence-electron chi connectivity index (χ4n) is 3.32. The number of rotatable bonds is 2. The molecule has 1 saturated heterocycles. The lowest BCUT2D eigenvalue weighted by molar-refractivity contribution is 0.0726. The molecule has 1 fully saturated rings. The van der Waals surface area contributed by atoms with Crippen molar-refractivity contribution in [3.63, 3.8) is 0 Å². The molecule has 1 atom stereocenters. The molecule has 0 saturated carbocycles. The zero-order valence-corrected chi connectivity index (χ0v) is 11.0. The van der Waals surface area contributed by atoms with Crippen LogP contribution in [-0.2, 0) is 12.8 Å². The summed E-state index contributed by atoms with van der Waals surface area (Å²) in [6.45, 7) is 3.06. The lowest BCUT2D eigenvalue weighted by atomic mass is 9.95. The van der Waals surface area contributed by atoms with Crippen LogP contribution < -0.4 is 0 Å². The van der Waals surface area contributed by atoms with Crippen LogP contribution in [0.2, 0.25) is 0 Å². The van der Waals surface area contributed by atoms with Crippen LogP contribution in [-0.4, -0.2) is 33.6 Å². The van der Waals surface area contributed by atoms with Crippen molar-refractivity contribution in [2.45, 2.75) is 57.9 Å². The Morgan fingerprint density at radius 1 is 1.39 bits per heavy atom. The summed E-state index contributed by atoms with van der Waals surface area (Å²) in [6, 6.07) is 0.424. The number of carbonyl (C=O) groups is 1. The van der Waals surface area contributed by atoms with E-state index in [0.29, 0.717) is 11.7 Å². The SMILES string of the molecule is CCC1CCCN1C(=O)c1n[nH]c2c1CCCC2. The van der Waals surface area contributed by atoms with Gasteiger partial charge in [0, 0.05) is 23.8 Å². The normalized spacial score (nSPS) is 23.2. The zero-order valence-electron chi connectivity index (χ0n) is 11.0.